The van der Waals surface area contributed by atoms with E-state index in [0.717, 1.165) is 12.0 Å². The van der Waals surface area contributed by atoms with Crippen molar-refractivity contribution < 1.29 is 35.9 Å². The van der Waals surface area contributed by atoms with Crippen molar-refractivity contribution in [3.05, 3.63) is 39.6 Å². The first-order valence-electron chi connectivity index (χ1n) is 8.30. The number of aliphatic hydroxyl groups is 1. The van der Waals surface area contributed by atoms with Crippen molar-refractivity contribution in [3.63, 3.8) is 0 Å². The topological polar surface area (TPSA) is 104 Å². The second-order valence-electron chi connectivity index (χ2n) is 6.39. The summed E-state index contributed by atoms with van der Waals surface area (Å²) in [5.41, 5.74) is 8.84. The fourth-order valence-corrected chi connectivity index (χ4v) is 4.85. The molecule has 1 aromatic carbocycles. The summed E-state index contributed by atoms with van der Waals surface area (Å²) in [7, 11) is 0. The van der Waals surface area contributed by atoms with Gasteiger partial charge in [-0.05, 0) is 0 Å². The summed E-state index contributed by atoms with van der Waals surface area (Å²) >= 11 is 6.26. The van der Waals surface area contributed by atoms with Crippen LogP contribution in [0.2, 0.25) is 5.02 Å². The number of allylic oxidation sites excluding steroid dienone is 1. The number of carbonyl (C=O) groups is 2. The van der Waals surface area contributed by atoms with Crippen LogP contribution in [-0.4, -0.2) is 27.4 Å². The van der Waals surface area contributed by atoms with E-state index in [1.807, 2.05) is 6.07 Å². The third-order valence-electron chi connectivity index (χ3n) is 4.17. The van der Waals surface area contributed by atoms with Crippen molar-refractivity contribution in [3.8, 4) is 0 Å². The van der Waals surface area contributed by atoms with E-state index in [1.54, 1.807) is 26.8 Å². The Labute approximate surface area is 168 Å². The van der Waals surface area contributed by atoms with E-state index >= 15 is 0 Å². The van der Waals surface area contributed by atoms with Gasteiger partial charge in [0.1, 0.15) is 0 Å². The Bertz CT molecular complexity index is 743. The molecule has 5 N–H and O–H groups in total. The van der Waals surface area contributed by atoms with Gasteiger partial charge in [0.15, 0.2) is 0 Å². The molecule has 1 unspecified atom stereocenters. The van der Waals surface area contributed by atoms with Crippen LogP contribution in [0.3, 0.4) is 0 Å². The average Bonchev–Trinajstić information content (AvgIpc) is 2.54. The first-order chi connectivity index (χ1) is 12.2. The van der Waals surface area contributed by atoms with Gasteiger partial charge in [0, 0.05) is 0 Å². The van der Waals surface area contributed by atoms with Crippen LogP contribution in [0, 0.1) is 0 Å². The number of carbonyl (C=O) groups excluding carboxylic acids is 2. The van der Waals surface area contributed by atoms with E-state index in [-0.39, 0.29) is 39.4 Å². The van der Waals surface area contributed by atoms with Crippen LogP contribution in [0.25, 0.3) is 0 Å². The zero-order chi connectivity index (χ0) is 19.4. The molecule has 1 heterocycles. The van der Waals surface area contributed by atoms with Gasteiger partial charge in [0.25, 0.3) is 0 Å². The van der Waals surface area contributed by atoms with Crippen LogP contribution in [0.15, 0.2) is 23.4 Å². The first kappa shape index (κ1) is 21.0. The summed E-state index contributed by atoms with van der Waals surface area (Å²) in [6.45, 7) is 4.93. The van der Waals surface area contributed by atoms with Crippen molar-refractivity contribution in [1.82, 2.24) is 5.32 Å². The second-order valence-corrected chi connectivity index (χ2v) is 10.3. The van der Waals surface area contributed by atoms with Crippen molar-refractivity contribution >= 4 is 29.1 Å². The molecule has 1 aliphatic heterocycles. The van der Waals surface area contributed by atoms with Crippen molar-refractivity contribution in [2.24, 2.45) is 5.73 Å². The van der Waals surface area contributed by atoms with Crippen LogP contribution in [0.1, 0.15) is 42.2 Å². The van der Waals surface area contributed by atoms with Crippen molar-refractivity contribution in [2.75, 3.05) is 9.74 Å². The van der Waals surface area contributed by atoms with Gasteiger partial charge < -0.3 is 0 Å². The third-order valence-corrected chi connectivity index (χ3v) is 8.12. The summed E-state index contributed by atoms with van der Waals surface area (Å²) in [4.78, 5) is 24.5. The van der Waals surface area contributed by atoms with Gasteiger partial charge in [0.2, 0.25) is 0 Å². The van der Waals surface area contributed by atoms with Gasteiger partial charge in [-0.1, -0.05) is 0 Å². The molecule has 0 spiro atoms. The summed E-state index contributed by atoms with van der Waals surface area (Å²) in [5, 5.41) is 15.3. The van der Waals surface area contributed by atoms with E-state index < -0.39 is 11.9 Å². The molecule has 0 radical (unpaired) electrons. The van der Waals surface area contributed by atoms with E-state index in [9.17, 15) is 14.7 Å². The minimum atomic E-state index is -0.749. The number of aliphatic hydroxyl groups excluding tert-OH is 1. The molecule has 2 rings (SSSR count). The number of nitrogens with one attached hydrogen (secondary N) is 2. The zero-order valence-electron chi connectivity index (χ0n) is 15.0. The quantitative estimate of drug-likeness (QED) is 0.234. The Morgan fingerprint density at radius 1 is 1.42 bits per heavy atom. The van der Waals surface area contributed by atoms with Crippen LogP contribution >= 0.6 is 11.6 Å². The maximum absolute atomic E-state index is 12.5. The monoisotopic (exact) mass is 492 g/mol. The van der Waals surface area contributed by atoms with E-state index in [0.29, 0.717) is 25.8 Å². The summed E-state index contributed by atoms with van der Waals surface area (Å²) in [5.74, 6) is -0.808. The number of rotatable bonds is 6. The molecule has 0 aliphatic carbocycles. The molecular formula is C18H24ClIN3O3-. The van der Waals surface area contributed by atoms with Crippen LogP contribution in [-0.2, 0) is 16.2 Å². The Kier molecular flexibility index (Phi) is 7.31. The fraction of sp³-hybridized carbons (Fsp3) is 0.444. The molecule has 26 heavy (non-hydrogen) atoms. The number of nitrogens with two attached hydrogens (primary N) is 1. The summed E-state index contributed by atoms with van der Waals surface area (Å²) in [6.07, 6.45) is 1.09. The molecule has 1 saturated heterocycles. The van der Waals surface area contributed by atoms with Crippen LogP contribution in [0.4, 0.5) is 5.69 Å². The number of anilines is 1. The third kappa shape index (κ3) is 4.89. The Morgan fingerprint density at radius 2 is 2.08 bits per heavy atom. The first-order valence-corrected chi connectivity index (χ1v) is 11.4. The molecular weight excluding hydrogens is 469 g/mol. The maximum atomic E-state index is 12.5. The second kappa shape index (κ2) is 9.05. The molecule has 0 bridgehead atoms. The number of benzene rings is 1. The van der Waals surface area contributed by atoms with E-state index in [1.165, 1.54) is 4.43 Å². The van der Waals surface area contributed by atoms with Gasteiger partial charge in [-0.3, -0.25) is 0 Å². The number of alkyl halides is 2. The van der Waals surface area contributed by atoms with E-state index in [4.69, 9.17) is 17.3 Å². The fourth-order valence-electron chi connectivity index (χ4n) is 2.39. The number of amides is 2. The minimum absolute atomic E-state index is 0.0609. The van der Waals surface area contributed by atoms with Crippen LogP contribution < -0.4 is 37.6 Å². The standard InChI is InChI=1S/C18H24ClIN3O3/c1-9(2)16(21)18(26)22-10(3)17(25)23-15-7-13(19)11(8-24)6-12(15)14-4-5-20-14/h6-7,10,14,24H,4-5,8,21H2,1-3H3,(H,22,26)(H,23,25)/q-1/t10-,14?/m0/s1. The number of halogens is 2. The summed E-state index contributed by atoms with van der Waals surface area (Å²) in [6, 6.07) is 2.81. The molecule has 8 heteroatoms. The molecule has 1 aromatic rings. The molecule has 2 atom stereocenters. The summed E-state index contributed by atoms with van der Waals surface area (Å²) < 4.78 is 1.71. The van der Waals surface area contributed by atoms with Gasteiger partial charge in [-0.2, -0.15) is 0 Å². The van der Waals surface area contributed by atoms with Gasteiger partial charge >= 0.3 is 169 Å². The predicted octanol–water partition coefficient (Wildman–Crippen LogP) is -0.938. The molecule has 1 fully saturated rings. The van der Waals surface area contributed by atoms with Crippen LogP contribution in [0.5, 0.6) is 0 Å². The van der Waals surface area contributed by atoms with Gasteiger partial charge in [-0.15, -0.1) is 0 Å². The average molecular weight is 493 g/mol. The normalized spacial score (nSPS) is 17.3. The number of hydrogen-bond acceptors (Lipinski definition) is 4. The van der Waals surface area contributed by atoms with E-state index in [2.05, 4.69) is 10.6 Å². The van der Waals surface area contributed by atoms with Gasteiger partial charge in [0.05, 0.1) is 0 Å². The SMILES string of the molecule is CC(C)=C(N)C(=O)N[C@@H](C)C(=O)Nc1cc(Cl)c(CO)cc1C1CC[I-]1. The molecule has 0 saturated carbocycles. The van der Waals surface area contributed by atoms with Crippen molar-refractivity contribution in [2.45, 2.75) is 43.8 Å². The molecule has 6 nitrogen and oxygen atoms in total. The molecule has 1 aliphatic rings. The Morgan fingerprint density at radius 3 is 2.58 bits per heavy atom. The van der Waals surface area contributed by atoms with Gasteiger partial charge in [-0.25, -0.2) is 0 Å². The predicted molar refractivity (Wildman–Crippen MR) is 98.4 cm³/mol. The van der Waals surface area contributed by atoms with Crippen molar-refractivity contribution in [1.29, 1.82) is 0 Å². The Hall–Kier alpha value is -1.32. The number of hydrogen-bond donors (Lipinski definition) is 4. The molecule has 2 amide bonds. The molecule has 144 valence electrons. The zero-order valence-corrected chi connectivity index (χ0v) is 17.9. The molecule has 0 aromatic heterocycles. The Balaban J connectivity index is 2.16.